The van der Waals surface area contributed by atoms with Crippen molar-refractivity contribution in [3.63, 3.8) is 0 Å². The lowest BCUT2D eigenvalue weighted by molar-refractivity contribution is -0.117. The summed E-state index contributed by atoms with van der Waals surface area (Å²) in [4.78, 5) is 14.2. The minimum absolute atomic E-state index is 0.0568. The summed E-state index contributed by atoms with van der Waals surface area (Å²) in [6.07, 6.45) is 1.84. The van der Waals surface area contributed by atoms with Crippen molar-refractivity contribution in [3.05, 3.63) is 65.5 Å². The van der Waals surface area contributed by atoms with Crippen LogP contribution in [0.4, 0.5) is 18.9 Å². The summed E-state index contributed by atoms with van der Waals surface area (Å²) in [5.74, 6) is -2.54. The number of carbonyl (C=O) groups is 1. The van der Waals surface area contributed by atoms with E-state index in [2.05, 4.69) is 5.32 Å². The Kier molecular flexibility index (Phi) is 4.85. The molecule has 1 aliphatic rings. The number of hydrogen-bond acceptors (Lipinski definition) is 2. The normalized spacial score (nSPS) is 17.9. The molecule has 0 aromatic heterocycles. The Morgan fingerprint density at radius 1 is 1.08 bits per heavy atom. The maximum absolute atomic E-state index is 13.2. The molecule has 1 fully saturated rings. The van der Waals surface area contributed by atoms with Gasteiger partial charge in [-0.1, -0.05) is 12.1 Å². The fraction of sp³-hybridized carbons (Fsp3) is 0.278. The highest BCUT2D eigenvalue weighted by Crippen LogP contribution is 2.31. The quantitative estimate of drug-likeness (QED) is 0.920. The molecule has 3 rings (SSSR count). The molecular formula is C18H17F3N2O. The van der Waals surface area contributed by atoms with Gasteiger partial charge in [0.15, 0.2) is 11.6 Å². The largest absolute Gasteiger partial charge is 0.325 e. The number of amides is 1. The zero-order valence-corrected chi connectivity index (χ0v) is 12.9. The van der Waals surface area contributed by atoms with E-state index in [0.717, 1.165) is 37.1 Å². The number of hydrogen-bond donors (Lipinski definition) is 1. The van der Waals surface area contributed by atoms with Crippen molar-refractivity contribution in [2.45, 2.75) is 18.9 Å². The molecule has 24 heavy (non-hydrogen) atoms. The molecule has 3 nitrogen and oxygen atoms in total. The molecule has 0 unspecified atom stereocenters. The first-order chi connectivity index (χ1) is 11.5. The zero-order valence-electron chi connectivity index (χ0n) is 12.9. The second-order valence-electron chi connectivity index (χ2n) is 5.86. The van der Waals surface area contributed by atoms with Crippen LogP contribution in [0.25, 0.3) is 0 Å². The molecule has 0 radical (unpaired) electrons. The van der Waals surface area contributed by atoms with Crippen molar-refractivity contribution >= 4 is 11.6 Å². The lowest BCUT2D eigenvalue weighted by Gasteiger charge is -2.24. The summed E-state index contributed by atoms with van der Waals surface area (Å²) in [6, 6.07) is 9.58. The molecule has 1 saturated heterocycles. The fourth-order valence-corrected chi connectivity index (χ4v) is 3.04. The van der Waals surface area contributed by atoms with Crippen LogP contribution < -0.4 is 5.32 Å². The number of rotatable bonds is 4. The summed E-state index contributed by atoms with van der Waals surface area (Å²) >= 11 is 0. The summed E-state index contributed by atoms with van der Waals surface area (Å²) < 4.78 is 39.1. The van der Waals surface area contributed by atoms with Crippen molar-refractivity contribution in [3.8, 4) is 0 Å². The molecule has 6 heteroatoms. The van der Waals surface area contributed by atoms with Crippen LogP contribution in [0.1, 0.15) is 24.4 Å². The lowest BCUT2D eigenvalue weighted by atomic mass is 10.0. The van der Waals surface area contributed by atoms with Crippen molar-refractivity contribution in [1.82, 2.24) is 4.90 Å². The van der Waals surface area contributed by atoms with Gasteiger partial charge in [-0.15, -0.1) is 0 Å². The van der Waals surface area contributed by atoms with E-state index in [0.29, 0.717) is 0 Å². The van der Waals surface area contributed by atoms with Crippen LogP contribution in [0, 0.1) is 17.5 Å². The smallest absolute Gasteiger partial charge is 0.238 e. The van der Waals surface area contributed by atoms with Gasteiger partial charge < -0.3 is 5.32 Å². The van der Waals surface area contributed by atoms with Crippen molar-refractivity contribution in [2.24, 2.45) is 0 Å². The lowest BCUT2D eigenvalue weighted by Crippen LogP contribution is -2.33. The topological polar surface area (TPSA) is 32.3 Å². The number of halogens is 3. The van der Waals surface area contributed by atoms with E-state index in [-0.39, 0.29) is 30.0 Å². The summed E-state index contributed by atoms with van der Waals surface area (Å²) in [7, 11) is 0. The molecule has 1 atom stereocenters. The molecule has 1 N–H and O–H groups in total. The van der Waals surface area contributed by atoms with E-state index < -0.39 is 11.6 Å². The highest BCUT2D eigenvalue weighted by molar-refractivity contribution is 5.92. The molecule has 0 aliphatic carbocycles. The third-order valence-electron chi connectivity index (χ3n) is 4.17. The molecule has 1 heterocycles. The molecule has 2 aromatic carbocycles. The molecule has 0 spiro atoms. The van der Waals surface area contributed by atoms with Crippen molar-refractivity contribution < 1.29 is 18.0 Å². The average Bonchev–Trinajstić information content (AvgIpc) is 2.99. The Labute approximate surface area is 138 Å². The number of nitrogens with zero attached hydrogens (tertiary/aromatic N) is 1. The predicted molar refractivity (Wildman–Crippen MR) is 84.9 cm³/mol. The van der Waals surface area contributed by atoms with E-state index in [9.17, 15) is 18.0 Å². The minimum atomic E-state index is -1.00. The number of carbonyl (C=O) groups excluding carboxylic acids is 1. The Hall–Kier alpha value is -2.34. The minimum Gasteiger partial charge on any atom is -0.325 e. The molecule has 0 saturated carbocycles. The van der Waals surface area contributed by atoms with Crippen LogP contribution in [-0.4, -0.2) is 23.9 Å². The van der Waals surface area contributed by atoms with E-state index in [1.54, 1.807) is 12.1 Å². The Morgan fingerprint density at radius 3 is 2.54 bits per heavy atom. The molecule has 126 valence electrons. The number of likely N-dealkylation sites (tertiary alicyclic amines) is 1. The number of nitrogens with one attached hydrogen (secondary N) is 1. The highest BCUT2D eigenvalue weighted by atomic mass is 19.2. The van der Waals surface area contributed by atoms with Crippen LogP contribution in [0.5, 0.6) is 0 Å². The highest BCUT2D eigenvalue weighted by Gasteiger charge is 2.27. The fourth-order valence-electron chi connectivity index (χ4n) is 3.04. The first-order valence-electron chi connectivity index (χ1n) is 7.77. The second-order valence-corrected chi connectivity index (χ2v) is 5.86. The third-order valence-corrected chi connectivity index (χ3v) is 4.17. The van der Waals surface area contributed by atoms with Gasteiger partial charge in [-0.3, -0.25) is 9.69 Å². The Balaban J connectivity index is 1.64. The van der Waals surface area contributed by atoms with Crippen LogP contribution >= 0.6 is 0 Å². The molecule has 1 aliphatic heterocycles. The van der Waals surface area contributed by atoms with E-state index in [4.69, 9.17) is 0 Å². The summed E-state index contributed by atoms with van der Waals surface area (Å²) in [6.45, 7) is 0.897. The Morgan fingerprint density at radius 2 is 1.83 bits per heavy atom. The monoisotopic (exact) mass is 334 g/mol. The maximum atomic E-state index is 13.2. The van der Waals surface area contributed by atoms with Gasteiger partial charge in [0.05, 0.1) is 6.54 Å². The molecule has 0 bridgehead atoms. The second kappa shape index (κ2) is 7.05. The van der Waals surface area contributed by atoms with Crippen LogP contribution in [0.3, 0.4) is 0 Å². The van der Waals surface area contributed by atoms with E-state index >= 15 is 0 Å². The van der Waals surface area contributed by atoms with Gasteiger partial charge in [-0.2, -0.15) is 0 Å². The van der Waals surface area contributed by atoms with Crippen LogP contribution in [0.2, 0.25) is 0 Å². The SMILES string of the molecule is O=C(CN1CCC[C@@H]1c1ccc(F)cc1)Nc1ccc(F)c(F)c1. The molecule has 2 aromatic rings. The molecule has 1 amide bonds. The predicted octanol–water partition coefficient (Wildman–Crippen LogP) is 3.88. The first-order valence-corrected chi connectivity index (χ1v) is 7.77. The molecular weight excluding hydrogens is 317 g/mol. The third kappa shape index (κ3) is 3.76. The van der Waals surface area contributed by atoms with Crippen molar-refractivity contribution in [1.29, 1.82) is 0 Å². The van der Waals surface area contributed by atoms with Crippen LogP contribution in [0.15, 0.2) is 42.5 Å². The standard InChI is InChI=1S/C18H17F3N2O/c19-13-5-3-12(4-6-13)17-2-1-9-23(17)11-18(24)22-14-7-8-15(20)16(21)10-14/h3-8,10,17H,1-2,9,11H2,(H,22,24)/t17-/m1/s1. The Bertz CT molecular complexity index is 734. The van der Waals surface area contributed by atoms with Gasteiger partial charge in [0.2, 0.25) is 5.91 Å². The van der Waals surface area contributed by atoms with Gasteiger partial charge >= 0.3 is 0 Å². The average molecular weight is 334 g/mol. The first kappa shape index (κ1) is 16.5. The van der Waals surface area contributed by atoms with Gasteiger partial charge in [-0.05, 0) is 49.2 Å². The number of anilines is 1. The number of benzene rings is 2. The maximum Gasteiger partial charge on any atom is 0.238 e. The zero-order chi connectivity index (χ0) is 17.1. The van der Waals surface area contributed by atoms with E-state index in [1.165, 1.54) is 18.2 Å². The summed E-state index contributed by atoms with van der Waals surface area (Å²) in [5.41, 5.74) is 1.19. The van der Waals surface area contributed by atoms with Crippen molar-refractivity contribution in [2.75, 3.05) is 18.4 Å². The summed E-state index contributed by atoms with van der Waals surface area (Å²) in [5, 5.41) is 2.57. The van der Waals surface area contributed by atoms with Gasteiger partial charge in [-0.25, -0.2) is 13.2 Å². The van der Waals surface area contributed by atoms with Gasteiger partial charge in [0, 0.05) is 17.8 Å². The van der Waals surface area contributed by atoms with Crippen LogP contribution in [-0.2, 0) is 4.79 Å². The van der Waals surface area contributed by atoms with Gasteiger partial charge in [0.25, 0.3) is 0 Å². The van der Waals surface area contributed by atoms with E-state index in [1.807, 2.05) is 4.90 Å². The van der Waals surface area contributed by atoms with Gasteiger partial charge in [0.1, 0.15) is 5.82 Å².